The van der Waals surface area contributed by atoms with Crippen LogP contribution >= 0.6 is 11.8 Å². The Morgan fingerprint density at radius 3 is 2.79 bits per heavy atom. The zero-order valence-corrected chi connectivity index (χ0v) is 17.0. The van der Waals surface area contributed by atoms with Crippen molar-refractivity contribution in [3.05, 3.63) is 65.9 Å². The van der Waals surface area contributed by atoms with Crippen LogP contribution in [-0.4, -0.2) is 16.0 Å². The van der Waals surface area contributed by atoms with Gasteiger partial charge in [-0.25, -0.2) is 0 Å². The molecular weight excluding hydrogens is 366 g/mol. The minimum Gasteiger partial charge on any atom is -0.489 e. The van der Waals surface area contributed by atoms with Crippen molar-refractivity contribution in [1.29, 1.82) is 0 Å². The van der Waals surface area contributed by atoms with E-state index in [1.807, 2.05) is 49.0 Å². The number of para-hydroxylation sites is 1. The largest absolute Gasteiger partial charge is 0.489 e. The van der Waals surface area contributed by atoms with Crippen molar-refractivity contribution in [2.45, 2.75) is 55.8 Å². The Labute approximate surface area is 170 Å². The monoisotopic (exact) mass is 391 g/mol. The van der Waals surface area contributed by atoms with E-state index in [1.54, 1.807) is 0 Å². The summed E-state index contributed by atoms with van der Waals surface area (Å²) in [4.78, 5) is 17.6. The van der Waals surface area contributed by atoms with E-state index in [0.29, 0.717) is 24.1 Å². The second kappa shape index (κ2) is 8.78. The van der Waals surface area contributed by atoms with Crippen molar-refractivity contribution in [2.24, 2.45) is 0 Å². The van der Waals surface area contributed by atoms with Crippen molar-refractivity contribution in [2.75, 3.05) is 0 Å². The average molecular weight is 392 g/mol. The molecule has 0 spiro atoms. The Morgan fingerprint density at radius 2 is 1.93 bits per heavy atom. The lowest BCUT2D eigenvalue weighted by atomic mass is 10.1. The first-order chi connectivity index (χ1) is 13.7. The molecule has 1 saturated carbocycles. The number of hydrogen-bond acceptors (Lipinski definition) is 4. The van der Waals surface area contributed by atoms with E-state index in [-0.39, 0.29) is 0 Å². The zero-order chi connectivity index (χ0) is 19.3. The number of aromatic nitrogens is 1. The van der Waals surface area contributed by atoms with Crippen molar-refractivity contribution < 1.29 is 9.53 Å². The quantitative estimate of drug-likeness (QED) is 0.492. The van der Waals surface area contributed by atoms with Gasteiger partial charge in [0.1, 0.15) is 18.1 Å². The lowest BCUT2D eigenvalue weighted by molar-refractivity contribution is -0.118. The van der Waals surface area contributed by atoms with Gasteiger partial charge in [0.25, 0.3) is 0 Å². The number of aryl methyl sites for hydroxylation is 1. The van der Waals surface area contributed by atoms with Gasteiger partial charge in [0, 0.05) is 39.6 Å². The summed E-state index contributed by atoms with van der Waals surface area (Å²) in [5.41, 5.74) is 3.16. The maximum absolute atomic E-state index is 11.8. The number of benzene rings is 2. The second-order valence-electron chi connectivity index (χ2n) is 7.43. The van der Waals surface area contributed by atoms with Gasteiger partial charge in [-0.15, -0.1) is 11.8 Å². The molecule has 3 aromatic rings. The number of pyridine rings is 1. The second-order valence-corrected chi connectivity index (χ2v) is 8.80. The van der Waals surface area contributed by atoms with Crippen LogP contribution in [0, 0.1) is 6.92 Å². The molecule has 1 aliphatic carbocycles. The number of rotatable bonds is 5. The molecule has 2 aromatic carbocycles. The highest BCUT2D eigenvalue weighted by Gasteiger charge is 2.18. The average Bonchev–Trinajstić information content (AvgIpc) is 2.90. The first-order valence-corrected chi connectivity index (χ1v) is 10.8. The summed E-state index contributed by atoms with van der Waals surface area (Å²) in [5.74, 6) is 1.27. The van der Waals surface area contributed by atoms with Gasteiger partial charge in [-0.3, -0.25) is 9.78 Å². The van der Waals surface area contributed by atoms with Crippen LogP contribution in [0.1, 0.15) is 43.4 Å². The van der Waals surface area contributed by atoms with E-state index in [2.05, 4.69) is 29.2 Å². The van der Waals surface area contributed by atoms with Gasteiger partial charge in [0.15, 0.2) is 0 Å². The highest BCUT2D eigenvalue weighted by Crippen LogP contribution is 2.32. The van der Waals surface area contributed by atoms with Crippen LogP contribution in [-0.2, 0) is 11.4 Å². The van der Waals surface area contributed by atoms with Gasteiger partial charge >= 0.3 is 0 Å². The molecular formula is C24H25NO2S. The number of Topliss-reactive ketones (excluding diaryl/α,β-unsaturated/α-hetero) is 1. The summed E-state index contributed by atoms with van der Waals surface area (Å²) < 4.78 is 6.05. The van der Waals surface area contributed by atoms with Crippen LogP contribution in [0.15, 0.2) is 59.5 Å². The van der Waals surface area contributed by atoms with Crippen LogP contribution in [0.2, 0.25) is 0 Å². The number of ether oxygens (including phenoxy) is 1. The lowest BCUT2D eigenvalue weighted by Gasteiger charge is -2.14. The van der Waals surface area contributed by atoms with E-state index in [0.717, 1.165) is 53.6 Å². The zero-order valence-electron chi connectivity index (χ0n) is 16.2. The smallest absolute Gasteiger partial charge is 0.134 e. The topological polar surface area (TPSA) is 39.2 Å². The Balaban J connectivity index is 1.41. The first kappa shape index (κ1) is 19.0. The molecule has 4 rings (SSSR count). The molecule has 28 heavy (non-hydrogen) atoms. The molecule has 144 valence electrons. The maximum Gasteiger partial charge on any atom is 0.134 e. The van der Waals surface area contributed by atoms with Crippen molar-refractivity contribution in [3.8, 4) is 5.75 Å². The molecule has 1 atom stereocenters. The summed E-state index contributed by atoms with van der Waals surface area (Å²) in [6, 6.07) is 18.5. The minimum atomic E-state index is 0.410. The predicted molar refractivity (Wildman–Crippen MR) is 115 cm³/mol. The number of fused-ring (bicyclic) bond motifs is 1. The third kappa shape index (κ3) is 4.74. The Bertz CT molecular complexity index is 968. The molecule has 0 radical (unpaired) electrons. The number of nitrogens with zero attached hydrogens (tertiary/aromatic N) is 1. The molecule has 0 amide bonds. The van der Waals surface area contributed by atoms with Gasteiger partial charge < -0.3 is 4.74 Å². The highest BCUT2D eigenvalue weighted by molar-refractivity contribution is 8.00. The molecule has 1 fully saturated rings. The molecule has 0 bridgehead atoms. The van der Waals surface area contributed by atoms with Crippen LogP contribution in [0.3, 0.4) is 0 Å². The number of hydrogen-bond donors (Lipinski definition) is 0. The fourth-order valence-electron chi connectivity index (χ4n) is 3.74. The molecule has 3 nitrogen and oxygen atoms in total. The fraction of sp³-hybridized carbons (Fsp3) is 0.333. The van der Waals surface area contributed by atoms with Crippen LogP contribution in [0.5, 0.6) is 5.75 Å². The SMILES string of the molecule is Cc1cc(COc2ccc(SC3CCCCC(=O)C3)cc2)c2ccccc2n1. The van der Waals surface area contributed by atoms with Crippen LogP contribution in [0.25, 0.3) is 10.9 Å². The molecule has 0 aliphatic heterocycles. The van der Waals surface area contributed by atoms with Crippen molar-refractivity contribution in [3.63, 3.8) is 0 Å². The van der Waals surface area contributed by atoms with E-state index < -0.39 is 0 Å². The van der Waals surface area contributed by atoms with Crippen molar-refractivity contribution >= 4 is 28.4 Å². The summed E-state index contributed by atoms with van der Waals surface area (Å²) in [6.45, 7) is 2.54. The number of thioether (sulfide) groups is 1. The summed E-state index contributed by atoms with van der Waals surface area (Å²) in [6.07, 6.45) is 4.79. The molecule has 1 unspecified atom stereocenters. The summed E-state index contributed by atoms with van der Waals surface area (Å²) in [5, 5.41) is 1.55. The van der Waals surface area contributed by atoms with Gasteiger partial charge in [-0.05, 0) is 56.2 Å². The standard InChI is InChI=1S/C24H25NO2S/c1-17-14-18(23-8-4-5-9-24(23)25-17)16-27-20-10-12-21(13-11-20)28-22-7-3-2-6-19(26)15-22/h4-5,8-14,22H,2-3,6-7,15-16H2,1H3. The number of ketones is 1. The molecule has 1 aromatic heterocycles. The van der Waals surface area contributed by atoms with E-state index in [1.165, 1.54) is 4.90 Å². The third-order valence-corrected chi connectivity index (χ3v) is 6.42. The minimum absolute atomic E-state index is 0.410. The maximum atomic E-state index is 11.8. The van der Waals surface area contributed by atoms with Gasteiger partial charge in [-0.2, -0.15) is 0 Å². The Hall–Kier alpha value is -2.33. The molecule has 1 heterocycles. The normalized spacial score (nSPS) is 17.5. The van der Waals surface area contributed by atoms with Gasteiger partial charge in [0.05, 0.1) is 5.52 Å². The number of carbonyl (C=O) groups excluding carboxylic acids is 1. The van der Waals surface area contributed by atoms with E-state index in [4.69, 9.17) is 4.74 Å². The molecule has 4 heteroatoms. The molecule has 0 N–H and O–H groups in total. The van der Waals surface area contributed by atoms with Crippen molar-refractivity contribution in [1.82, 2.24) is 4.98 Å². The fourth-order valence-corrected chi connectivity index (χ4v) is 4.97. The van der Waals surface area contributed by atoms with E-state index >= 15 is 0 Å². The summed E-state index contributed by atoms with van der Waals surface area (Å²) in [7, 11) is 0. The van der Waals surface area contributed by atoms with E-state index in [9.17, 15) is 4.79 Å². The highest BCUT2D eigenvalue weighted by atomic mass is 32.2. The van der Waals surface area contributed by atoms with Crippen LogP contribution in [0.4, 0.5) is 0 Å². The summed E-state index contributed by atoms with van der Waals surface area (Å²) >= 11 is 1.82. The Kier molecular flexibility index (Phi) is 5.96. The number of carbonyl (C=O) groups is 1. The lowest BCUT2D eigenvalue weighted by Crippen LogP contribution is -2.06. The molecule has 0 saturated heterocycles. The predicted octanol–water partition coefficient (Wildman–Crippen LogP) is 6.12. The third-order valence-electron chi connectivity index (χ3n) is 5.14. The first-order valence-electron chi connectivity index (χ1n) is 9.94. The van der Waals surface area contributed by atoms with Crippen LogP contribution < -0.4 is 4.74 Å². The molecule has 1 aliphatic rings. The Morgan fingerprint density at radius 1 is 1.11 bits per heavy atom. The van der Waals surface area contributed by atoms with Gasteiger partial charge in [-0.1, -0.05) is 24.6 Å². The van der Waals surface area contributed by atoms with Gasteiger partial charge in [0.2, 0.25) is 0 Å².